The van der Waals surface area contributed by atoms with Crippen molar-refractivity contribution in [3.63, 3.8) is 0 Å². The van der Waals surface area contributed by atoms with Gasteiger partial charge in [-0.25, -0.2) is 0 Å². The molecule has 0 bridgehead atoms. The van der Waals surface area contributed by atoms with E-state index < -0.39 is 0 Å². The van der Waals surface area contributed by atoms with E-state index in [-0.39, 0.29) is 11.0 Å². The molecule has 0 heterocycles. The maximum absolute atomic E-state index is 6.36. The monoisotopic (exact) mass is 295 g/mol. The number of benzene rings is 1. The van der Waals surface area contributed by atoms with Crippen molar-refractivity contribution < 1.29 is 0 Å². The van der Waals surface area contributed by atoms with Crippen molar-refractivity contribution in [3.05, 3.63) is 33.8 Å². The largest absolute Gasteiger partial charge is 0.312 e. The molecule has 0 aliphatic carbocycles. The quantitative estimate of drug-likeness (QED) is 0.777. The topological polar surface area (TPSA) is 12.0 Å². The Balaban J connectivity index is 2.64. The minimum atomic E-state index is 0.176. The molecule has 1 aromatic carbocycles. The molecule has 0 aliphatic rings. The maximum atomic E-state index is 6.36. The van der Waals surface area contributed by atoms with Crippen LogP contribution in [0.15, 0.2) is 12.1 Å². The van der Waals surface area contributed by atoms with Crippen LogP contribution in [-0.4, -0.2) is 12.1 Å². The molecule has 0 amide bonds. The number of hydrogen-bond donors (Lipinski definition) is 1. The molecule has 0 unspecified atom stereocenters. The lowest BCUT2D eigenvalue weighted by Gasteiger charge is -2.30. The Bertz CT molecular complexity index is 455. The van der Waals surface area contributed by atoms with Gasteiger partial charge in [-0.2, -0.15) is 0 Å². The molecule has 0 saturated heterocycles. The summed E-state index contributed by atoms with van der Waals surface area (Å²) < 4.78 is 0. The van der Waals surface area contributed by atoms with Crippen LogP contribution in [-0.2, 0) is 6.42 Å². The molecule has 1 rings (SSSR count). The lowest BCUT2D eigenvalue weighted by Crippen LogP contribution is -2.42. The Kier molecular flexibility index (Phi) is 5.69. The first-order valence-electron chi connectivity index (χ1n) is 7.51. The number of aryl methyl sites for hydroxylation is 3. The van der Waals surface area contributed by atoms with Crippen molar-refractivity contribution >= 4 is 11.6 Å². The highest BCUT2D eigenvalue weighted by atomic mass is 35.5. The molecule has 0 radical (unpaired) electrons. The third kappa shape index (κ3) is 5.85. The lowest BCUT2D eigenvalue weighted by atomic mass is 9.85. The molecular formula is C18H30ClN. The SMILES string of the molecule is Cc1cc(Cl)c(CCC(C)(C)CNC(C)(C)C)cc1C. The summed E-state index contributed by atoms with van der Waals surface area (Å²) >= 11 is 6.36. The average Bonchev–Trinajstić information content (AvgIpc) is 2.29. The van der Waals surface area contributed by atoms with Crippen LogP contribution >= 0.6 is 11.6 Å². The Morgan fingerprint density at radius 2 is 1.55 bits per heavy atom. The number of halogens is 1. The second-order valence-electron chi connectivity index (χ2n) is 7.80. The van der Waals surface area contributed by atoms with E-state index in [1.165, 1.54) is 16.7 Å². The second kappa shape index (κ2) is 6.49. The van der Waals surface area contributed by atoms with Crippen molar-refractivity contribution in [2.24, 2.45) is 5.41 Å². The van der Waals surface area contributed by atoms with Crippen LogP contribution in [0, 0.1) is 19.3 Å². The van der Waals surface area contributed by atoms with Gasteiger partial charge in [-0.15, -0.1) is 0 Å². The summed E-state index contributed by atoms with van der Waals surface area (Å²) in [5, 5.41) is 4.51. The predicted octanol–water partition coefficient (Wildman–Crippen LogP) is 5.30. The Morgan fingerprint density at radius 3 is 2.10 bits per heavy atom. The molecular weight excluding hydrogens is 266 g/mol. The smallest absolute Gasteiger partial charge is 0.0440 e. The van der Waals surface area contributed by atoms with Crippen LogP contribution in [0.5, 0.6) is 0 Å². The second-order valence-corrected chi connectivity index (χ2v) is 8.20. The van der Waals surface area contributed by atoms with E-state index in [4.69, 9.17) is 11.6 Å². The zero-order valence-electron chi connectivity index (χ0n) is 14.2. The number of rotatable bonds is 5. The first-order valence-corrected chi connectivity index (χ1v) is 7.89. The Labute approximate surface area is 130 Å². The standard InChI is InChI=1S/C18H30ClN/c1-13-10-15(16(19)11-14(13)2)8-9-18(6,7)12-20-17(3,4)5/h10-11,20H,8-9,12H2,1-7H3. The molecule has 2 heteroatoms. The summed E-state index contributed by atoms with van der Waals surface area (Å²) in [6, 6.07) is 4.33. The lowest BCUT2D eigenvalue weighted by molar-refractivity contribution is 0.273. The van der Waals surface area contributed by atoms with Crippen LogP contribution in [0.25, 0.3) is 0 Å². The molecule has 0 fully saturated rings. The molecule has 0 atom stereocenters. The van der Waals surface area contributed by atoms with Gasteiger partial charge in [0.2, 0.25) is 0 Å². The Morgan fingerprint density at radius 1 is 1.00 bits per heavy atom. The highest BCUT2D eigenvalue weighted by Crippen LogP contribution is 2.27. The fourth-order valence-corrected chi connectivity index (χ4v) is 2.41. The molecule has 114 valence electrons. The van der Waals surface area contributed by atoms with Crippen molar-refractivity contribution in [1.82, 2.24) is 5.32 Å². The fraction of sp³-hybridized carbons (Fsp3) is 0.667. The summed E-state index contributed by atoms with van der Waals surface area (Å²) in [6.45, 7) is 16.6. The van der Waals surface area contributed by atoms with Gasteiger partial charge < -0.3 is 5.32 Å². The summed E-state index contributed by atoms with van der Waals surface area (Å²) in [7, 11) is 0. The van der Waals surface area contributed by atoms with E-state index >= 15 is 0 Å². The van der Waals surface area contributed by atoms with Gasteiger partial charge in [-0.05, 0) is 75.6 Å². The molecule has 0 aliphatic heterocycles. The van der Waals surface area contributed by atoms with Gasteiger partial charge in [0.05, 0.1) is 0 Å². The molecule has 0 aromatic heterocycles. The zero-order valence-corrected chi connectivity index (χ0v) is 14.9. The van der Waals surface area contributed by atoms with Gasteiger partial charge >= 0.3 is 0 Å². The number of nitrogens with one attached hydrogen (secondary N) is 1. The Hall–Kier alpha value is -0.530. The summed E-state index contributed by atoms with van der Waals surface area (Å²) in [6.07, 6.45) is 2.18. The van der Waals surface area contributed by atoms with E-state index in [0.29, 0.717) is 0 Å². The fourth-order valence-electron chi connectivity index (χ4n) is 2.10. The van der Waals surface area contributed by atoms with E-state index in [2.05, 4.69) is 65.9 Å². The normalized spacial score (nSPS) is 12.8. The summed E-state index contributed by atoms with van der Waals surface area (Å²) in [5.74, 6) is 0. The van der Waals surface area contributed by atoms with Crippen LogP contribution in [0.3, 0.4) is 0 Å². The molecule has 1 nitrogen and oxygen atoms in total. The predicted molar refractivity (Wildman–Crippen MR) is 90.8 cm³/mol. The van der Waals surface area contributed by atoms with Crippen LogP contribution < -0.4 is 5.32 Å². The van der Waals surface area contributed by atoms with Crippen LogP contribution in [0.2, 0.25) is 5.02 Å². The van der Waals surface area contributed by atoms with Crippen LogP contribution in [0.4, 0.5) is 0 Å². The van der Waals surface area contributed by atoms with Gasteiger partial charge in [0.25, 0.3) is 0 Å². The van der Waals surface area contributed by atoms with Gasteiger partial charge in [-0.1, -0.05) is 31.5 Å². The van der Waals surface area contributed by atoms with E-state index in [1.54, 1.807) is 0 Å². The van der Waals surface area contributed by atoms with Gasteiger partial charge in [0.15, 0.2) is 0 Å². The van der Waals surface area contributed by atoms with E-state index in [1.807, 2.05) is 0 Å². The molecule has 1 N–H and O–H groups in total. The third-order valence-corrected chi connectivity index (χ3v) is 4.18. The molecule has 1 aromatic rings. The first-order chi connectivity index (χ1) is 9.00. The minimum absolute atomic E-state index is 0.176. The summed E-state index contributed by atoms with van der Waals surface area (Å²) in [4.78, 5) is 0. The third-order valence-electron chi connectivity index (χ3n) is 3.83. The van der Waals surface area contributed by atoms with Crippen molar-refractivity contribution in [2.75, 3.05) is 6.54 Å². The molecule has 0 spiro atoms. The maximum Gasteiger partial charge on any atom is 0.0440 e. The van der Waals surface area contributed by atoms with Crippen LogP contribution in [0.1, 0.15) is 57.7 Å². The zero-order chi connectivity index (χ0) is 15.6. The molecule has 20 heavy (non-hydrogen) atoms. The average molecular weight is 296 g/mol. The highest BCUT2D eigenvalue weighted by Gasteiger charge is 2.21. The number of hydrogen-bond acceptors (Lipinski definition) is 1. The van der Waals surface area contributed by atoms with E-state index in [0.717, 1.165) is 24.4 Å². The summed E-state index contributed by atoms with van der Waals surface area (Å²) in [5.41, 5.74) is 4.33. The molecule has 0 saturated carbocycles. The van der Waals surface area contributed by atoms with Crippen molar-refractivity contribution in [2.45, 2.75) is 66.8 Å². The van der Waals surface area contributed by atoms with Gasteiger partial charge in [0, 0.05) is 17.1 Å². The van der Waals surface area contributed by atoms with Gasteiger partial charge in [0.1, 0.15) is 0 Å². The first kappa shape index (κ1) is 17.5. The van der Waals surface area contributed by atoms with Crippen molar-refractivity contribution in [3.8, 4) is 0 Å². The highest BCUT2D eigenvalue weighted by molar-refractivity contribution is 6.31. The van der Waals surface area contributed by atoms with Crippen molar-refractivity contribution in [1.29, 1.82) is 0 Å². The van der Waals surface area contributed by atoms with E-state index in [9.17, 15) is 0 Å². The minimum Gasteiger partial charge on any atom is -0.312 e. The van der Waals surface area contributed by atoms with Gasteiger partial charge in [-0.3, -0.25) is 0 Å².